The fourth-order valence-electron chi connectivity index (χ4n) is 3.30. The molecule has 2 heterocycles. The number of aliphatic hydroxyl groups is 3. The molecule has 11 nitrogen and oxygen atoms in total. The molecule has 0 bridgehead atoms. The molecule has 2 aromatic carbocycles. The third-order valence-corrected chi connectivity index (χ3v) is 4.89. The van der Waals surface area contributed by atoms with Crippen molar-refractivity contribution in [1.82, 2.24) is 0 Å². The van der Waals surface area contributed by atoms with E-state index in [2.05, 4.69) is 0 Å². The summed E-state index contributed by atoms with van der Waals surface area (Å²) in [6.07, 6.45) is -5.50. The maximum atomic E-state index is 10.2. The third-order valence-electron chi connectivity index (χ3n) is 4.89. The maximum Gasteiger partial charge on any atom is 0.402 e. The maximum absolute atomic E-state index is 10.2. The summed E-state index contributed by atoms with van der Waals surface area (Å²) >= 11 is 0. The minimum Gasteiger partial charge on any atom is -0.507 e. The van der Waals surface area contributed by atoms with Crippen molar-refractivity contribution in [3.8, 4) is 45.8 Å². The second-order valence-electron chi connectivity index (χ2n) is 7.00. The number of fused-ring (bicyclic) bond motifs is 1. The molecular weight excluding hydrogens is 416 g/mol. The molecular formula is C20H19O11+. The Bertz CT molecular complexity index is 1120. The summed E-state index contributed by atoms with van der Waals surface area (Å²) < 4.78 is 16.7. The van der Waals surface area contributed by atoms with Crippen LogP contribution in [0.3, 0.4) is 0 Å². The number of phenols is 5. The Balaban J connectivity index is 1.87. The smallest absolute Gasteiger partial charge is 0.402 e. The number of rotatable bonds is 4. The lowest BCUT2D eigenvalue weighted by Gasteiger charge is -2.16. The van der Waals surface area contributed by atoms with Gasteiger partial charge in [-0.15, -0.1) is 0 Å². The highest BCUT2D eigenvalue weighted by atomic mass is 16.7. The number of ether oxygens (including phenoxy) is 2. The molecule has 8 N–H and O–H groups in total. The zero-order chi connectivity index (χ0) is 22.4. The molecule has 1 aromatic heterocycles. The van der Waals surface area contributed by atoms with Gasteiger partial charge in [-0.25, -0.2) is 4.42 Å². The molecule has 164 valence electrons. The summed E-state index contributed by atoms with van der Waals surface area (Å²) in [5.41, 5.74) is 0.0346. The van der Waals surface area contributed by atoms with Gasteiger partial charge in [0.2, 0.25) is 12.0 Å². The van der Waals surface area contributed by atoms with Gasteiger partial charge in [0.15, 0.2) is 17.2 Å². The predicted octanol–water partition coefficient (Wildman–Crippen LogP) is 0.727. The summed E-state index contributed by atoms with van der Waals surface area (Å²) in [5.74, 6) is -3.02. The monoisotopic (exact) mass is 435 g/mol. The number of benzene rings is 2. The molecule has 31 heavy (non-hydrogen) atoms. The van der Waals surface area contributed by atoms with Gasteiger partial charge >= 0.3 is 11.3 Å². The Morgan fingerprint density at radius 2 is 1.55 bits per heavy atom. The van der Waals surface area contributed by atoms with Crippen LogP contribution in [0.25, 0.3) is 22.3 Å². The Morgan fingerprint density at radius 1 is 0.871 bits per heavy atom. The van der Waals surface area contributed by atoms with Gasteiger partial charge in [0.05, 0.1) is 18.2 Å². The van der Waals surface area contributed by atoms with Crippen LogP contribution in [0.2, 0.25) is 0 Å². The van der Waals surface area contributed by atoms with Crippen molar-refractivity contribution >= 4 is 11.0 Å². The standard InChI is InChI=1S/C20H18O11/c21-6-15-17(27)18(28)20(31-15)30-14-5-9-10(23)3-8(22)4-13(9)29-19(14)7-1-11(24)16(26)12(25)2-7/h1-5,15,17-18,20-21,27-28H,6H2,(H4-,22,23,24,25,26)/p+1/t15-,17+,18-,20+/m0/s1. The minimum atomic E-state index is -1.53. The summed E-state index contributed by atoms with van der Waals surface area (Å²) in [6, 6.07) is 5.68. The Labute approximate surface area is 173 Å². The Kier molecular flexibility index (Phi) is 5.11. The summed E-state index contributed by atoms with van der Waals surface area (Å²) in [6.45, 7) is -0.577. The molecule has 1 saturated heterocycles. The quantitative estimate of drug-likeness (QED) is 0.213. The second kappa shape index (κ2) is 7.63. The lowest BCUT2D eigenvalue weighted by molar-refractivity contribution is -0.116. The highest BCUT2D eigenvalue weighted by molar-refractivity contribution is 5.88. The van der Waals surface area contributed by atoms with Crippen LogP contribution in [0.5, 0.6) is 34.5 Å². The van der Waals surface area contributed by atoms with Crippen molar-refractivity contribution in [3.05, 3.63) is 30.3 Å². The first-order valence-electron chi connectivity index (χ1n) is 9.07. The van der Waals surface area contributed by atoms with Crippen molar-refractivity contribution < 1.29 is 54.7 Å². The lowest BCUT2D eigenvalue weighted by atomic mass is 10.1. The fourth-order valence-corrected chi connectivity index (χ4v) is 3.30. The van der Waals surface area contributed by atoms with Crippen molar-refractivity contribution in [1.29, 1.82) is 0 Å². The second-order valence-corrected chi connectivity index (χ2v) is 7.00. The molecule has 4 rings (SSSR count). The Hall–Kier alpha value is -3.51. The van der Waals surface area contributed by atoms with Crippen LogP contribution in [0.4, 0.5) is 0 Å². The van der Waals surface area contributed by atoms with E-state index < -0.39 is 48.5 Å². The molecule has 1 aliphatic heterocycles. The van der Waals surface area contributed by atoms with E-state index in [0.717, 1.165) is 18.2 Å². The van der Waals surface area contributed by atoms with Crippen LogP contribution in [0.15, 0.2) is 34.7 Å². The van der Waals surface area contributed by atoms with Gasteiger partial charge in [-0.1, -0.05) is 0 Å². The van der Waals surface area contributed by atoms with Crippen LogP contribution in [0, 0.1) is 0 Å². The van der Waals surface area contributed by atoms with Gasteiger partial charge in [-0.05, 0) is 0 Å². The van der Waals surface area contributed by atoms with E-state index >= 15 is 0 Å². The van der Waals surface area contributed by atoms with Gasteiger partial charge in [-0.2, -0.15) is 0 Å². The number of aromatic hydroxyl groups is 5. The number of aliphatic hydroxyl groups excluding tert-OH is 3. The zero-order valence-corrected chi connectivity index (χ0v) is 15.7. The van der Waals surface area contributed by atoms with Gasteiger partial charge in [0.1, 0.15) is 35.2 Å². The van der Waals surface area contributed by atoms with E-state index in [0.29, 0.717) is 0 Å². The van der Waals surface area contributed by atoms with Gasteiger partial charge < -0.3 is 50.3 Å². The average Bonchev–Trinajstić information content (AvgIpc) is 2.99. The van der Waals surface area contributed by atoms with Crippen molar-refractivity contribution in [2.24, 2.45) is 0 Å². The summed E-state index contributed by atoms with van der Waals surface area (Å²) in [5, 5.41) is 78.7. The largest absolute Gasteiger partial charge is 0.507 e. The molecule has 1 fully saturated rings. The molecule has 1 aliphatic rings. The molecule has 0 radical (unpaired) electrons. The topological polar surface area (TPSA) is 192 Å². The molecule has 4 atom stereocenters. The average molecular weight is 435 g/mol. The Morgan fingerprint density at radius 3 is 2.16 bits per heavy atom. The molecule has 11 heteroatoms. The molecule has 0 aliphatic carbocycles. The van der Waals surface area contributed by atoms with Crippen molar-refractivity contribution in [3.63, 3.8) is 0 Å². The minimum absolute atomic E-state index is 0.00747. The van der Waals surface area contributed by atoms with Crippen LogP contribution in [0.1, 0.15) is 0 Å². The van der Waals surface area contributed by atoms with E-state index in [1.54, 1.807) is 0 Å². The normalized spacial score (nSPS) is 23.3. The molecule has 0 unspecified atom stereocenters. The molecule has 0 amide bonds. The fraction of sp³-hybridized carbons (Fsp3) is 0.250. The van der Waals surface area contributed by atoms with Gasteiger partial charge in [0.25, 0.3) is 0 Å². The summed E-state index contributed by atoms with van der Waals surface area (Å²) in [7, 11) is 0. The lowest BCUT2D eigenvalue weighted by Crippen LogP contribution is -2.35. The zero-order valence-electron chi connectivity index (χ0n) is 15.7. The van der Waals surface area contributed by atoms with E-state index in [-0.39, 0.29) is 39.5 Å². The van der Waals surface area contributed by atoms with E-state index in [1.165, 1.54) is 12.1 Å². The molecule has 3 aromatic rings. The van der Waals surface area contributed by atoms with E-state index in [9.17, 15) is 40.9 Å². The van der Waals surface area contributed by atoms with Crippen LogP contribution in [-0.2, 0) is 4.74 Å². The van der Waals surface area contributed by atoms with E-state index in [4.69, 9.17) is 13.9 Å². The summed E-state index contributed by atoms with van der Waals surface area (Å²) in [4.78, 5) is 0. The number of hydrogen-bond donors (Lipinski definition) is 8. The van der Waals surface area contributed by atoms with Gasteiger partial charge in [-0.3, -0.25) is 0 Å². The highest BCUT2D eigenvalue weighted by Crippen LogP contribution is 2.44. The predicted molar refractivity (Wildman–Crippen MR) is 103 cm³/mol. The SMILES string of the molecule is OC[C@@H]1O[C@@H](Oc2cc3c(O)cc(O)cc3[o+]c2-c2cc(O)c(O)c(O)c2)[C@@H](O)[C@@H]1O. The first-order chi connectivity index (χ1) is 14.7. The van der Waals surface area contributed by atoms with Crippen molar-refractivity contribution in [2.45, 2.75) is 24.6 Å². The van der Waals surface area contributed by atoms with Crippen LogP contribution < -0.4 is 4.74 Å². The molecule has 0 saturated carbocycles. The molecule has 0 spiro atoms. The van der Waals surface area contributed by atoms with Crippen molar-refractivity contribution in [2.75, 3.05) is 6.61 Å². The van der Waals surface area contributed by atoms with E-state index in [1.807, 2.05) is 0 Å². The van der Waals surface area contributed by atoms with Gasteiger partial charge in [0, 0.05) is 24.3 Å². The van der Waals surface area contributed by atoms with Crippen LogP contribution in [-0.4, -0.2) is 72.1 Å². The number of phenolic OH excluding ortho intramolecular Hbond substituents is 5. The third kappa shape index (κ3) is 3.59. The highest BCUT2D eigenvalue weighted by Gasteiger charge is 2.45. The van der Waals surface area contributed by atoms with Crippen LogP contribution >= 0.6 is 0 Å². The first kappa shape index (κ1) is 20.8. The first-order valence-corrected chi connectivity index (χ1v) is 9.07. The number of hydrogen-bond acceptors (Lipinski definition) is 10.